The lowest BCUT2D eigenvalue weighted by Crippen LogP contribution is -2.27. The summed E-state index contributed by atoms with van der Waals surface area (Å²) in [6.45, 7) is 1.29. The molecule has 0 saturated heterocycles. The molecule has 0 radical (unpaired) electrons. The predicted molar refractivity (Wildman–Crippen MR) is 66.4 cm³/mol. The second-order valence-electron chi connectivity index (χ2n) is 4.30. The summed E-state index contributed by atoms with van der Waals surface area (Å²) in [5.74, 6) is 0.590. The first-order chi connectivity index (χ1) is 8.22. The van der Waals surface area contributed by atoms with Crippen LogP contribution < -0.4 is 10.9 Å². The maximum absolute atomic E-state index is 12.0. The average Bonchev–Trinajstić information content (AvgIpc) is 3.11. The van der Waals surface area contributed by atoms with Gasteiger partial charge in [0.25, 0.3) is 5.56 Å². The van der Waals surface area contributed by atoms with E-state index in [2.05, 4.69) is 10.4 Å². The molecule has 1 aliphatic rings. The molecule has 17 heavy (non-hydrogen) atoms. The number of nitrogens with zero attached hydrogens (tertiary/aromatic N) is 2. The summed E-state index contributed by atoms with van der Waals surface area (Å²) < 4.78 is 1.46. The second kappa shape index (κ2) is 5.51. The van der Waals surface area contributed by atoms with Gasteiger partial charge in [-0.1, -0.05) is 11.6 Å². The minimum atomic E-state index is -0.178. The van der Waals surface area contributed by atoms with E-state index >= 15 is 0 Å². The molecule has 0 aliphatic heterocycles. The van der Waals surface area contributed by atoms with Gasteiger partial charge in [0.2, 0.25) is 0 Å². The lowest BCUT2D eigenvalue weighted by molar-refractivity contribution is 0.292. The van der Waals surface area contributed by atoms with Crippen molar-refractivity contribution >= 4 is 17.3 Å². The number of halogens is 1. The van der Waals surface area contributed by atoms with Crippen LogP contribution in [0.2, 0.25) is 5.02 Å². The van der Waals surface area contributed by atoms with Crippen LogP contribution in [-0.2, 0) is 6.54 Å². The summed E-state index contributed by atoms with van der Waals surface area (Å²) in [6.07, 6.45) is 4.42. The van der Waals surface area contributed by atoms with Crippen molar-refractivity contribution in [2.45, 2.75) is 25.8 Å². The molecule has 2 rings (SSSR count). The van der Waals surface area contributed by atoms with Gasteiger partial charge in [0.15, 0.2) is 0 Å². The number of aliphatic hydroxyl groups excluding tert-OH is 1. The first-order valence-corrected chi connectivity index (χ1v) is 6.20. The van der Waals surface area contributed by atoms with Gasteiger partial charge in [0.05, 0.1) is 11.2 Å². The van der Waals surface area contributed by atoms with Gasteiger partial charge in [-0.15, -0.1) is 0 Å². The van der Waals surface area contributed by atoms with E-state index in [1.807, 2.05) is 0 Å². The molecule has 1 aliphatic carbocycles. The Balaban J connectivity index is 2.13. The van der Waals surface area contributed by atoms with Crippen molar-refractivity contribution in [1.29, 1.82) is 0 Å². The standard InChI is InChI=1S/C11H16ClN3O2/c12-9-6-14-15(7-8-2-3-8)11(17)10(9)13-4-1-5-16/h6,8,13,16H,1-5,7H2. The molecule has 6 heteroatoms. The van der Waals surface area contributed by atoms with Crippen LogP contribution in [0.15, 0.2) is 11.0 Å². The second-order valence-corrected chi connectivity index (χ2v) is 4.71. The van der Waals surface area contributed by atoms with Gasteiger partial charge in [-0.05, 0) is 25.2 Å². The molecule has 2 N–H and O–H groups in total. The normalized spacial score (nSPS) is 14.9. The van der Waals surface area contributed by atoms with Crippen LogP contribution in [0.4, 0.5) is 5.69 Å². The van der Waals surface area contributed by atoms with Crippen molar-refractivity contribution in [3.8, 4) is 0 Å². The number of rotatable bonds is 6. The molecule has 94 valence electrons. The van der Waals surface area contributed by atoms with Gasteiger partial charge < -0.3 is 10.4 Å². The Hall–Kier alpha value is -1.07. The molecule has 0 bridgehead atoms. The Kier molecular flexibility index (Phi) is 4.02. The van der Waals surface area contributed by atoms with Crippen LogP contribution in [0.5, 0.6) is 0 Å². The molecule has 1 aromatic rings. The van der Waals surface area contributed by atoms with E-state index in [4.69, 9.17) is 16.7 Å². The molecular formula is C11H16ClN3O2. The van der Waals surface area contributed by atoms with Gasteiger partial charge in [-0.25, -0.2) is 4.68 Å². The van der Waals surface area contributed by atoms with E-state index in [-0.39, 0.29) is 12.2 Å². The average molecular weight is 258 g/mol. The fraction of sp³-hybridized carbons (Fsp3) is 0.636. The van der Waals surface area contributed by atoms with Gasteiger partial charge >= 0.3 is 0 Å². The SMILES string of the molecule is O=c1c(NCCCO)c(Cl)cnn1CC1CC1. The maximum Gasteiger partial charge on any atom is 0.291 e. The summed E-state index contributed by atoms with van der Waals surface area (Å²) in [5.41, 5.74) is 0.207. The van der Waals surface area contributed by atoms with Gasteiger partial charge in [0.1, 0.15) is 5.69 Å². The van der Waals surface area contributed by atoms with E-state index in [1.54, 1.807) is 0 Å². The molecular weight excluding hydrogens is 242 g/mol. The Bertz CT molecular complexity index is 443. The highest BCUT2D eigenvalue weighted by Gasteiger charge is 2.23. The van der Waals surface area contributed by atoms with Crippen molar-refractivity contribution in [1.82, 2.24) is 9.78 Å². The van der Waals surface area contributed by atoms with Crippen molar-refractivity contribution in [3.05, 3.63) is 21.6 Å². The molecule has 1 fully saturated rings. The number of aromatic nitrogens is 2. The Morgan fingerprint density at radius 3 is 3.00 bits per heavy atom. The molecule has 0 amide bonds. The lowest BCUT2D eigenvalue weighted by Gasteiger charge is -2.09. The highest BCUT2D eigenvalue weighted by atomic mass is 35.5. The first-order valence-electron chi connectivity index (χ1n) is 5.82. The summed E-state index contributed by atoms with van der Waals surface area (Å²) in [4.78, 5) is 12.0. The van der Waals surface area contributed by atoms with Crippen molar-refractivity contribution in [2.24, 2.45) is 5.92 Å². The third kappa shape index (κ3) is 3.20. The van der Waals surface area contributed by atoms with Crippen molar-refractivity contribution in [2.75, 3.05) is 18.5 Å². The van der Waals surface area contributed by atoms with Gasteiger partial charge in [-0.3, -0.25) is 4.79 Å². The molecule has 0 spiro atoms. The van der Waals surface area contributed by atoms with E-state index in [0.717, 1.165) is 0 Å². The molecule has 1 heterocycles. The van der Waals surface area contributed by atoms with E-state index in [1.165, 1.54) is 23.7 Å². The molecule has 0 aromatic carbocycles. The van der Waals surface area contributed by atoms with Gasteiger partial charge in [-0.2, -0.15) is 5.10 Å². The fourth-order valence-electron chi connectivity index (χ4n) is 1.60. The topological polar surface area (TPSA) is 67.2 Å². The van der Waals surface area contributed by atoms with E-state index in [9.17, 15) is 4.79 Å². The van der Waals surface area contributed by atoms with Crippen LogP contribution in [0.3, 0.4) is 0 Å². The molecule has 5 nitrogen and oxygen atoms in total. The fourth-order valence-corrected chi connectivity index (χ4v) is 1.79. The summed E-state index contributed by atoms with van der Waals surface area (Å²) >= 11 is 5.93. The predicted octanol–water partition coefficient (Wildman–Crippen LogP) is 1.10. The quantitative estimate of drug-likeness (QED) is 0.749. The number of aliphatic hydroxyl groups is 1. The van der Waals surface area contributed by atoms with E-state index in [0.29, 0.717) is 36.1 Å². The zero-order valence-corrected chi connectivity index (χ0v) is 10.3. The molecule has 0 unspecified atom stereocenters. The Labute approximate surface area is 104 Å². The minimum Gasteiger partial charge on any atom is -0.396 e. The van der Waals surface area contributed by atoms with Crippen LogP contribution >= 0.6 is 11.6 Å². The Morgan fingerprint density at radius 1 is 1.59 bits per heavy atom. The zero-order chi connectivity index (χ0) is 12.3. The first kappa shape index (κ1) is 12.4. The molecule has 1 aromatic heterocycles. The molecule has 1 saturated carbocycles. The highest BCUT2D eigenvalue weighted by Crippen LogP contribution is 2.30. The van der Waals surface area contributed by atoms with Crippen LogP contribution in [-0.4, -0.2) is 28.0 Å². The number of hydrogen-bond donors (Lipinski definition) is 2. The molecule has 0 atom stereocenters. The third-order valence-corrected chi connectivity index (χ3v) is 3.05. The Morgan fingerprint density at radius 2 is 2.35 bits per heavy atom. The van der Waals surface area contributed by atoms with Crippen molar-refractivity contribution in [3.63, 3.8) is 0 Å². The smallest absolute Gasteiger partial charge is 0.291 e. The number of nitrogens with one attached hydrogen (secondary N) is 1. The zero-order valence-electron chi connectivity index (χ0n) is 9.53. The number of hydrogen-bond acceptors (Lipinski definition) is 4. The highest BCUT2D eigenvalue weighted by molar-refractivity contribution is 6.32. The monoisotopic (exact) mass is 257 g/mol. The minimum absolute atomic E-state index is 0.0893. The lowest BCUT2D eigenvalue weighted by atomic mass is 10.4. The maximum atomic E-state index is 12.0. The van der Waals surface area contributed by atoms with Gasteiger partial charge in [0, 0.05) is 19.7 Å². The summed E-state index contributed by atoms with van der Waals surface area (Å²) in [7, 11) is 0. The van der Waals surface area contributed by atoms with Crippen LogP contribution in [0.1, 0.15) is 19.3 Å². The third-order valence-electron chi connectivity index (χ3n) is 2.76. The van der Waals surface area contributed by atoms with Crippen molar-refractivity contribution < 1.29 is 5.11 Å². The van der Waals surface area contributed by atoms with E-state index < -0.39 is 0 Å². The van der Waals surface area contributed by atoms with Crippen LogP contribution in [0.25, 0.3) is 0 Å². The number of anilines is 1. The largest absolute Gasteiger partial charge is 0.396 e. The van der Waals surface area contributed by atoms with Crippen LogP contribution in [0, 0.1) is 5.92 Å². The summed E-state index contributed by atoms with van der Waals surface area (Å²) in [5, 5.41) is 16.0. The summed E-state index contributed by atoms with van der Waals surface area (Å²) in [6, 6.07) is 0.